The summed E-state index contributed by atoms with van der Waals surface area (Å²) in [6.45, 7) is 5.31. The predicted molar refractivity (Wildman–Crippen MR) is 76.1 cm³/mol. The smallest absolute Gasteiger partial charge is 0.255 e. The van der Waals surface area contributed by atoms with Gasteiger partial charge in [-0.2, -0.15) is 0 Å². The van der Waals surface area contributed by atoms with Gasteiger partial charge in [0.05, 0.1) is 5.69 Å². The molecule has 2 rings (SSSR count). The zero-order valence-electron chi connectivity index (χ0n) is 11.4. The second-order valence-corrected chi connectivity index (χ2v) is 6.75. The number of nitrogen functional groups attached to an aromatic ring is 1. The highest BCUT2D eigenvalue weighted by molar-refractivity contribution is 7.89. The molecule has 0 bridgehead atoms. The lowest BCUT2D eigenvalue weighted by atomic mass is 10.1. The first kappa shape index (κ1) is 14.3. The molecule has 1 aromatic rings. The largest absolute Gasteiger partial charge is 0.398 e. The Bertz CT molecular complexity index is 563. The van der Waals surface area contributed by atoms with Crippen molar-refractivity contribution in [1.29, 1.82) is 0 Å². The monoisotopic (exact) mass is 283 g/mol. The van der Waals surface area contributed by atoms with Crippen molar-refractivity contribution in [3.8, 4) is 0 Å². The predicted octanol–water partition coefficient (Wildman–Crippen LogP) is 1.56. The van der Waals surface area contributed by atoms with Gasteiger partial charge in [-0.25, -0.2) is 13.4 Å². The van der Waals surface area contributed by atoms with Crippen LogP contribution in [-0.4, -0.2) is 26.5 Å². The molecule has 0 spiro atoms. The molecule has 1 aliphatic rings. The van der Waals surface area contributed by atoms with E-state index in [0.29, 0.717) is 5.69 Å². The highest BCUT2D eigenvalue weighted by atomic mass is 32.2. The van der Waals surface area contributed by atoms with Crippen LogP contribution in [-0.2, 0) is 10.0 Å². The van der Waals surface area contributed by atoms with Gasteiger partial charge in [0, 0.05) is 13.1 Å². The molecule has 6 heteroatoms. The van der Waals surface area contributed by atoms with E-state index in [2.05, 4.69) is 4.83 Å². The third kappa shape index (κ3) is 3.26. The van der Waals surface area contributed by atoms with E-state index in [1.165, 1.54) is 0 Å². The fraction of sp³-hybridized carbons (Fsp3) is 0.538. The Morgan fingerprint density at radius 1 is 1.11 bits per heavy atom. The Kier molecular flexibility index (Phi) is 4.13. The summed E-state index contributed by atoms with van der Waals surface area (Å²) in [5.74, 6) is 0. The van der Waals surface area contributed by atoms with Crippen LogP contribution >= 0.6 is 0 Å². The molecule has 0 unspecified atom stereocenters. The maximum Gasteiger partial charge on any atom is 0.255 e. The minimum atomic E-state index is -3.58. The Hall–Kier alpha value is -1.11. The highest BCUT2D eigenvalue weighted by Gasteiger charge is 2.22. The van der Waals surface area contributed by atoms with Crippen molar-refractivity contribution in [3.05, 3.63) is 23.3 Å². The third-order valence-electron chi connectivity index (χ3n) is 3.52. The number of hydrogen-bond acceptors (Lipinski definition) is 4. The molecule has 1 heterocycles. The number of nitrogens with one attached hydrogen (secondary N) is 1. The zero-order chi connectivity index (χ0) is 14.0. The van der Waals surface area contributed by atoms with E-state index < -0.39 is 10.0 Å². The number of anilines is 1. The molecule has 1 aromatic carbocycles. The summed E-state index contributed by atoms with van der Waals surface area (Å²) in [6.07, 6.45) is 3.19. The number of hydrazine groups is 1. The first-order valence-electron chi connectivity index (χ1n) is 6.54. The van der Waals surface area contributed by atoms with Crippen LogP contribution in [0.2, 0.25) is 0 Å². The minimum Gasteiger partial charge on any atom is -0.398 e. The topological polar surface area (TPSA) is 75.4 Å². The molecule has 1 fully saturated rings. The van der Waals surface area contributed by atoms with E-state index >= 15 is 0 Å². The van der Waals surface area contributed by atoms with Crippen LogP contribution in [0.3, 0.4) is 0 Å². The Morgan fingerprint density at radius 3 is 2.32 bits per heavy atom. The van der Waals surface area contributed by atoms with Gasteiger partial charge in [0.1, 0.15) is 4.90 Å². The number of nitrogens with two attached hydrogens (primary N) is 1. The van der Waals surface area contributed by atoms with E-state index in [-0.39, 0.29) is 4.90 Å². The Labute approximate surface area is 114 Å². The zero-order valence-corrected chi connectivity index (χ0v) is 12.3. The van der Waals surface area contributed by atoms with E-state index in [9.17, 15) is 8.42 Å². The summed E-state index contributed by atoms with van der Waals surface area (Å²) in [7, 11) is -3.58. The Morgan fingerprint density at radius 2 is 1.68 bits per heavy atom. The van der Waals surface area contributed by atoms with Crippen LogP contribution in [0, 0.1) is 13.8 Å². The summed E-state index contributed by atoms with van der Waals surface area (Å²) < 4.78 is 24.7. The maximum atomic E-state index is 12.4. The van der Waals surface area contributed by atoms with E-state index in [0.717, 1.165) is 43.5 Å². The van der Waals surface area contributed by atoms with E-state index in [4.69, 9.17) is 5.73 Å². The van der Waals surface area contributed by atoms with Crippen LogP contribution in [0.1, 0.15) is 30.4 Å². The highest BCUT2D eigenvalue weighted by Crippen LogP contribution is 2.23. The van der Waals surface area contributed by atoms with Gasteiger partial charge < -0.3 is 5.73 Å². The molecule has 5 nitrogen and oxygen atoms in total. The summed E-state index contributed by atoms with van der Waals surface area (Å²) in [6, 6.07) is 3.34. The van der Waals surface area contributed by atoms with Crippen LogP contribution < -0.4 is 10.6 Å². The number of piperidine rings is 1. The molecule has 0 saturated carbocycles. The van der Waals surface area contributed by atoms with Gasteiger partial charge in [-0.15, -0.1) is 4.83 Å². The lowest BCUT2D eigenvalue weighted by Crippen LogP contribution is -2.45. The molecule has 3 N–H and O–H groups in total. The minimum absolute atomic E-state index is 0.168. The lowest BCUT2D eigenvalue weighted by Gasteiger charge is -2.27. The van der Waals surface area contributed by atoms with Crippen molar-refractivity contribution in [1.82, 2.24) is 9.84 Å². The summed E-state index contributed by atoms with van der Waals surface area (Å²) in [4.78, 5) is 2.79. The first-order chi connectivity index (χ1) is 8.90. The molecular weight excluding hydrogens is 262 g/mol. The third-order valence-corrected chi connectivity index (χ3v) is 4.95. The fourth-order valence-electron chi connectivity index (χ4n) is 2.25. The quantitative estimate of drug-likeness (QED) is 0.826. The number of benzene rings is 1. The standard InChI is InChI=1S/C13H21N3O2S/c1-10-8-12(14)13(9-11(10)2)19(17,18)15-16-6-4-3-5-7-16/h8-9,15H,3-7,14H2,1-2H3. The molecule has 0 aromatic heterocycles. The van der Waals surface area contributed by atoms with E-state index in [1.54, 1.807) is 17.1 Å². The molecule has 19 heavy (non-hydrogen) atoms. The van der Waals surface area contributed by atoms with Gasteiger partial charge in [-0.1, -0.05) is 6.42 Å². The van der Waals surface area contributed by atoms with Crippen molar-refractivity contribution in [3.63, 3.8) is 0 Å². The van der Waals surface area contributed by atoms with Crippen LogP contribution in [0.5, 0.6) is 0 Å². The molecule has 0 aliphatic carbocycles. The van der Waals surface area contributed by atoms with Gasteiger partial charge >= 0.3 is 0 Å². The number of hydrogen-bond donors (Lipinski definition) is 2. The van der Waals surface area contributed by atoms with Crippen LogP contribution in [0.15, 0.2) is 17.0 Å². The van der Waals surface area contributed by atoms with Crippen molar-refractivity contribution in [2.45, 2.75) is 38.0 Å². The van der Waals surface area contributed by atoms with Gasteiger partial charge in [-0.05, 0) is 49.9 Å². The van der Waals surface area contributed by atoms with Gasteiger partial charge in [0.25, 0.3) is 10.0 Å². The van der Waals surface area contributed by atoms with Gasteiger partial charge in [0.15, 0.2) is 0 Å². The van der Waals surface area contributed by atoms with Crippen molar-refractivity contribution in [2.75, 3.05) is 18.8 Å². The SMILES string of the molecule is Cc1cc(N)c(S(=O)(=O)NN2CCCCC2)cc1C. The first-order valence-corrected chi connectivity index (χ1v) is 8.02. The van der Waals surface area contributed by atoms with Crippen LogP contribution in [0.25, 0.3) is 0 Å². The van der Waals surface area contributed by atoms with Crippen molar-refractivity contribution in [2.24, 2.45) is 0 Å². The fourth-order valence-corrected chi connectivity index (χ4v) is 3.57. The van der Waals surface area contributed by atoms with Gasteiger partial charge in [0.2, 0.25) is 0 Å². The number of nitrogens with zero attached hydrogens (tertiary/aromatic N) is 1. The number of rotatable bonds is 3. The average molecular weight is 283 g/mol. The van der Waals surface area contributed by atoms with E-state index in [1.807, 2.05) is 13.8 Å². The molecule has 0 radical (unpaired) electrons. The molecule has 0 amide bonds. The van der Waals surface area contributed by atoms with Crippen LogP contribution in [0.4, 0.5) is 5.69 Å². The summed E-state index contributed by atoms with van der Waals surface area (Å²) in [5.41, 5.74) is 8.06. The summed E-state index contributed by atoms with van der Waals surface area (Å²) >= 11 is 0. The lowest BCUT2D eigenvalue weighted by molar-refractivity contribution is 0.200. The second-order valence-electron chi connectivity index (χ2n) is 5.12. The molecule has 1 aliphatic heterocycles. The summed E-state index contributed by atoms with van der Waals surface area (Å²) in [5, 5.41) is 1.76. The van der Waals surface area contributed by atoms with Crippen molar-refractivity contribution >= 4 is 15.7 Å². The average Bonchev–Trinajstić information content (AvgIpc) is 2.34. The molecular formula is C13H21N3O2S. The second kappa shape index (κ2) is 5.48. The maximum absolute atomic E-state index is 12.4. The number of sulfonamides is 1. The number of aryl methyl sites for hydroxylation is 2. The Balaban J connectivity index is 2.26. The molecule has 1 saturated heterocycles. The normalized spacial score (nSPS) is 17.6. The van der Waals surface area contributed by atoms with Gasteiger partial charge in [-0.3, -0.25) is 0 Å². The molecule has 106 valence electrons. The van der Waals surface area contributed by atoms with Crippen molar-refractivity contribution < 1.29 is 8.42 Å². The molecule has 0 atom stereocenters.